The van der Waals surface area contributed by atoms with Crippen LogP contribution in [-0.4, -0.2) is 34.5 Å². The predicted molar refractivity (Wildman–Crippen MR) is 141 cm³/mol. The average molecular weight is 492 g/mol. The number of carbonyl (C=O) groups excluding carboxylic acids is 1. The summed E-state index contributed by atoms with van der Waals surface area (Å²) in [7, 11) is 0. The van der Waals surface area contributed by atoms with Gasteiger partial charge in [0.2, 0.25) is 0 Å². The molecular formula is C28H45NO6. The number of benzene rings is 1. The summed E-state index contributed by atoms with van der Waals surface area (Å²) in [5, 5.41) is 11.2. The van der Waals surface area contributed by atoms with Crippen molar-refractivity contribution in [2.45, 2.75) is 105 Å². The molecule has 0 bridgehead atoms. The van der Waals surface area contributed by atoms with Crippen LogP contribution >= 0.6 is 0 Å². The lowest BCUT2D eigenvalue weighted by Gasteiger charge is -2.31. The highest BCUT2D eigenvalue weighted by Gasteiger charge is 2.29. The van der Waals surface area contributed by atoms with Gasteiger partial charge in [-0.3, -0.25) is 0 Å². The summed E-state index contributed by atoms with van der Waals surface area (Å²) in [5.41, 5.74) is 1.86. The summed E-state index contributed by atoms with van der Waals surface area (Å²) in [6.07, 6.45) is 0.119. The largest absolute Gasteiger partial charge is 0.465 e. The fourth-order valence-corrected chi connectivity index (χ4v) is 2.85. The Kier molecular flexibility index (Phi) is 12.4. The van der Waals surface area contributed by atoms with Crippen molar-refractivity contribution in [1.82, 2.24) is 5.32 Å². The number of nitrogens with one attached hydrogen (secondary N) is 1. The molecule has 0 aromatic heterocycles. The highest BCUT2D eigenvalue weighted by molar-refractivity contribution is 5.87. The second-order valence-corrected chi connectivity index (χ2v) is 10.7. The summed E-state index contributed by atoms with van der Waals surface area (Å²) >= 11 is 0. The third kappa shape index (κ3) is 13.1. The van der Waals surface area contributed by atoms with Crippen LogP contribution in [0.4, 0.5) is 4.79 Å². The van der Waals surface area contributed by atoms with Gasteiger partial charge in [0, 0.05) is 12.0 Å². The molecule has 7 nitrogen and oxygen atoms in total. The molecule has 35 heavy (non-hydrogen) atoms. The van der Waals surface area contributed by atoms with Crippen LogP contribution in [0.2, 0.25) is 0 Å². The van der Waals surface area contributed by atoms with Gasteiger partial charge in [-0.2, -0.15) is 0 Å². The first-order chi connectivity index (χ1) is 15.8. The minimum atomic E-state index is -1.02. The molecule has 1 amide bonds. The van der Waals surface area contributed by atoms with E-state index in [9.17, 15) is 9.59 Å². The van der Waals surface area contributed by atoms with Gasteiger partial charge in [-0.05, 0) is 85.9 Å². The van der Waals surface area contributed by atoms with E-state index >= 15 is 0 Å². The average Bonchev–Trinajstić information content (AvgIpc) is 2.71. The molecule has 0 saturated heterocycles. The maximum absolute atomic E-state index is 11.4. The van der Waals surface area contributed by atoms with Crippen molar-refractivity contribution in [3.8, 4) is 0 Å². The Hall–Kier alpha value is -2.64. The van der Waals surface area contributed by atoms with Gasteiger partial charge < -0.3 is 15.2 Å². The first kappa shape index (κ1) is 32.4. The molecule has 0 fully saturated rings. The molecular weight excluding hydrogens is 446 g/mol. The van der Waals surface area contributed by atoms with E-state index in [1.54, 1.807) is 6.92 Å². The molecule has 1 aromatic carbocycles. The smallest absolute Gasteiger partial charge is 0.405 e. The van der Waals surface area contributed by atoms with Crippen LogP contribution in [0.5, 0.6) is 0 Å². The lowest BCUT2D eigenvalue weighted by atomic mass is 9.92. The Labute approximate surface area is 211 Å². The molecule has 0 aliphatic carbocycles. The number of amides is 1. The monoisotopic (exact) mass is 491 g/mol. The van der Waals surface area contributed by atoms with Crippen molar-refractivity contribution in [2.75, 3.05) is 0 Å². The van der Waals surface area contributed by atoms with Crippen molar-refractivity contribution in [3.05, 3.63) is 54.1 Å². The molecule has 0 aliphatic heterocycles. The van der Waals surface area contributed by atoms with E-state index in [0.29, 0.717) is 12.0 Å². The van der Waals surface area contributed by atoms with Crippen LogP contribution < -0.4 is 5.32 Å². The molecule has 1 aromatic rings. The summed E-state index contributed by atoms with van der Waals surface area (Å²) < 4.78 is 5.23. The Morgan fingerprint density at radius 3 is 2.03 bits per heavy atom. The van der Waals surface area contributed by atoms with Crippen molar-refractivity contribution < 1.29 is 29.2 Å². The summed E-state index contributed by atoms with van der Waals surface area (Å²) in [6, 6.07) is 7.73. The number of allylic oxidation sites excluding steroid dienone is 1. The van der Waals surface area contributed by atoms with Gasteiger partial charge in [0.05, 0.1) is 11.1 Å². The minimum Gasteiger partial charge on any atom is -0.465 e. The number of hydrogen-bond donors (Lipinski definition) is 2. The predicted octanol–water partition coefficient (Wildman–Crippen LogP) is 7.02. The number of carboxylic acid groups (broad SMARTS) is 1. The van der Waals surface area contributed by atoms with E-state index < -0.39 is 17.2 Å². The van der Waals surface area contributed by atoms with Gasteiger partial charge in [0.25, 0.3) is 0 Å². The standard InChI is InChI=1S/C15H28O4.C13H17NO2/c1-9-14(5,6)18-19-15(7,8)10-12(4)17-13(16)11(2)3;1-9(2)10-6-5-7-11(8-10)13(3,4)14-12(15)16/h12H,2,9-10H2,1,3-8H3;5-8,14H,1H2,2-4H3,(H,15,16). The first-order valence-corrected chi connectivity index (χ1v) is 11.8. The van der Waals surface area contributed by atoms with Crippen molar-refractivity contribution in [1.29, 1.82) is 0 Å². The molecule has 0 radical (unpaired) electrons. The van der Waals surface area contributed by atoms with E-state index in [2.05, 4.69) is 18.5 Å². The maximum atomic E-state index is 11.4. The SMILES string of the molecule is C=C(C)C(=O)OC(C)CC(C)(C)OOC(C)(C)CC.C=C(C)c1cccc(C(C)(C)NC(=O)O)c1. The fourth-order valence-electron chi connectivity index (χ4n) is 2.85. The normalized spacial score (nSPS) is 12.6. The van der Waals surface area contributed by atoms with Crippen molar-refractivity contribution in [2.24, 2.45) is 0 Å². The van der Waals surface area contributed by atoms with Crippen molar-refractivity contribution in [3.63, 3.8) is 0 Å². The molecule has 2 N–H and O–H groups in total. The topological polar surface area (TPSA) is 94.1 Å². The maximum Gasteiger partial charge on any atom is 0.405 e. The number of ether oxygens (including phenoxy) is 1. The van der Waals surface area contributed by atoms with Crippen LogP contribution in [0.15, 0.2) is 43.0 Å². The molecule has 0 saturated carbocycles. The summed E-state index contributed by atoms with van der Waals surface area (Å²) in [6.45, 7) is 26.3. The number of hydrogen-bond acceptors (Lipinski definition) is 5. The Balaban J connectivity index is 0.000000669. The Morgan fingerprint density at radius 2 is 1.57 bits per heavy atom. The number of esters is 1. The summed E-state index contributed by atoms with van der Waals surface area (Å²) in [4.78, 5) is 33.0. The van der Waals surface area contributed by atoms with Crippen LogP contribution in [-0.2, 0) is 24.8 Å². The van der Waals surface area contributed by atoms with Gasteiger partial charge in [0.15, 0.2) is 0 Å². The first-order valence-electron chi connectivity index (χ1n) is 11.8. The Morgan fingerprint density at radius 1 is 1.03 bits per heavy atom. The molecule has 0 aliphatic rings. The van der Waals surface area contributed by atoms with Gasteiger partial charge in [-0.1, -0.05) is 43.9 Å². The van der Waals surface area contributed by atoms with Gasteiger partial charge >= 0.3 is 12.1 Å². The van der Waals surface area contributed by atoms with E-state index in [4.69, 9.17) is 19.6 Å². The molecule has 198 valence electrons. The zero-order valence-electron chi connectivity index (χ0n) is 23.2. The van der Waals surface area contributed by atoms with Crippen LogP contribution in [0.3, 0.4) is 0 Å². The highest BCUT2D eigenvalue weighted by Crippen LogP contribution is 2.25. The van der Waals surface area contributed by atoms with Gasteiger partial charge in [-0.25, -0.2) is 19.4 Å². The second kappa shape index (κ2) is 13.4. The van der Waals surface area contributed by atoms with Crippen LogP contribution in [0.1, 0.15) is 93.2 Å². The van der Waals surface area contributed by atoms with E-state index in [1.807, 2.05) is 86.6 Å². The highest BCUT2D eigenvalue weighted by atomic mass is 17.2. The number of rotatable bonds is 11. The third-order valence-corrected chi connectivity index (χ3v) is 5.28. The van der Waals surface area contributed by atoms with E-state index in [0.717, 1.165) is 23.1 Å². The Bertz CT molecular complexity index is 885. The van der Waals surface area contributed by atoms with Gasteiger partial charge in [0.1, 0.15) is 11.7 Å². The molecule has 7 heteroatoms. The summed E-state index contributed by atoms with van der Waals surface area (Å²) in [5.74, 6) is -0.377. The minimum absolute atomic E-state index is 0.257. The lowest BCUT2D eigenvalue weighted by Crippen LogP contribution is -2.40. The van der Waals surface area contributed by atoms with Crippen LogP contribution in [0, 0.1) is 0 Å². The quantitative estimate of drug-likeness (QED) is 0.149. The molecule has 1 atom stereocenters. The van der Waals surface area contributed by atoms with E-state index in [1.165, 1.54) is 0 Å². The van der Waals surface area contributed by atoms with Crippen molar-refractivity contribution >= 4 is 17.6 Å². The fraction of sp³-hybridized carbons (Fsp3) is 0.571. The zero-order chi connectivity index (χ0) is 27.6. The number of carbonyl (C=O) groups is 2. The zero-order valence-corrected chi connectivity index (χ0v) is 23.2. The molecule has 0 heterocycles. The molecule has 1 rings (SSSR count). The second-order valence-electron chi connectivity index (χ2n) is 10.7. The van der Waals surface area contributed by atoms with Gasteiger partial charge in [-0.15, -0.1) is 0 Å². The van der Waals surface area contributed by atoms with E-state index in [-0.39, 0.29) is 17.7 Å². The third-order valence-electron chi connectivity index (χ3n) is 5.28. The lowest BCUT2D eigenvalue weighted by molar-refractivity contribution is -0.403. The molecule has 0 spiro atoms. The molecule has 1 unspecified atom stereocenters. The van der Waals surface area contributed by atoms with Crippen LogP contribution in [0.25, 0.3) is 5.57 Å².